The summed E-state index contributed by atoms with van der Waals surface area (Å²) in [6, 6.07) is 7.88. The van der Waals surface area contributed by atoms with Gasteiger partial charge < -0.3 is 14.1 Å². The number of carbonyl (C=O) groups is 1. The number of benzene rings is 1. The third kappa shape index (κ3) is 4.48. The molecule has 21 heavy (non-hydrogen) atoms. The summed E-state index contributed by atoms with van der Waals surface area (Å²) in [6.45, 7) is 0.817. The molecule has 0 unspecified atom stereocenters. The number of carbonyl (C=O) groups excluding carboxylic acids is 1. The first-order valence-electron chi connectivity index (χ1n) is 5.50. The molecule has 9 heteroatoms. The summed E-state index contributed by atoms with van der Waals surface area (Å²) in [5.74, 6) is -2.70. The first-order chi connectivity index (χ1) is 9.54. The van der Waals surface area contributed by atoms with Crippen LogP contribution in [0.3, 0.4) is 0 Å². The van der Waals surface area contributed by atoms with E-state index in [1.54, 1.807) is 18.2 Å². The molecule has 0 saturated carbocycles. The largest absolute Gasteiger partial charge is 0.545 e. The van der Waals surface area contributed by atoms with E-state index in [1.807, 2.05) is 0 Å². The Morgan fingerprint density at radius 1 is 1.24 bits per heavy atom. The summed E-state index contributed by atoms with van der Waals surface area (Å²) in [5, 5.41) is 11.0. The van der Waals surface area contributed by atoms with Gasteiger partial charge in [-0.1, -0.05) is 30.3 Å². The third-order valence-electron chi connectivity index (χ3n) is 2.41. The van der Waals surface area contributed by atoms with Crippen LogP contribution in [-0.2, 0) is 25.5 Å². The number of hydrogen-bond acceptors (Lipinski definition) is 5. The van der Waals surface area contributed by atoms with E-state index in [1.165, 1.54) is 12.1 Å². The Morgan fingerprint density at radius 2 is 1.76 bits per heavy atom. The van der Waals surface area contributed by atoms with Gasteiger partial charge in [-0.2, -0.15) is 21.6 Å². The van der Waals surface area contributed by atoms with Gasteiger partial charge in [0.15, 0.2) is 0 Å². The van der Waals surface area contributed by atoms with Crippen LogP contribution >= 0.6 is 0 Å². The quantitative estimate of drug-likeness (QED) is 0.351. The van der Waals surface area contributed by atoms with Gasteiger partial charge in [0.1, 0.15) is 5.76 Å². The summed E-state index contributed by atoms with van der Waals surface area (Å²) < 4.78 is 62.1. The van der Waals surface area contributed by atoms with E-state index >= 15 is 0 Å². The van der Waals surface area contributed by atoms with Gasteiger partial charge in [0.2, 0.25) is 0 Å². The zero-order chi connectivity index (χ0) is 16.3. The predicted octanol–water partition coefficient (Wildman–Crippen LogP) is 1.12. The van der Waals surface area contributed by atoms with E-state index in [9.17, 15) is 31.5 Å². The second-order valence-electron chi connectivity index (χ2n) is 3.97. The molecule has 0 aliphatic heterocycles. The van der Waals surface area contributed by atoms with E-state index in [-0.39, 0.29) is 6.42 Å². The molecule has 0 fully saturated rings. The number of allylic oxidation sites excluding steroid dienone is 1. The number of alkyl halides is 3. The maximum atomic E-state index is 12.2. The fraction of sp³-hybridized carbons (Fsp3) is 0.250. The van der Waals surface area contributed by atoms with Gasteiger partial charge in [-0.3, -0.25) is 0 Å². The Labute approximate surface area is 118 Å². The first-order valence-corrected chi connectivity index (χ1v) is 6.91. The lowest BCUT2D eigenvalue weighted by Crippen LogP contribution is -2.29. The highest BCUT2D eigenvalue weighted by Gasteiger charge is 2.48. The maximum absolute atomic E-state index is 12.2. The Kier molecular flexibility index (Phi) is 5.00. The molecular formula is C12H10F3O5S-. The Hall–Kier alpha value is -2.03. The van der Waals surface area contributed by atoms with Crippen molar-refractivity contribution in [2.24, 2.45) is 0 Å². The van der Waals surface area contributed by atoms with Crippen molar-refractivity contribution in [1.82, 2.24) is 0 Å². The number of carboxylic acid groups (broad SMARTS) is 1. The summed E-state index contributed by atoms with van der Waals surface area (Å²) in [7, 11) is -5.92. The molecule has 0 bridgehead atoms. The highest BCUT2D eigenvalue weighted by molar-refractivity contribution is 7.87. The zero-order valence-electron chi connectivity index (χ0n) is 10.7. The van der Waals surface area contributed by atoms with Crippen molar-refractivity contribution in [3.05, 3.63) is 47.2 Å². The van der Waals surface area contributed by atoms with Crippen LogP contribution in [0.25, 0.3) is 0 Å². The normalized spacial score (nSPS) is 13.5. The summed E-state index contributed by atoms with van der Waals surface area (Å²) in [5.41, 5.74) is -5.88. The van der Waals surface area contributed by atoms with Gasteiger partial charge in [0.25, 0.3) is 0 Å². The Bertz CT molecular complexity index is 647. The number of aliphatic carboxylic acids is 1. The number of halogens is 3. The minimum Gasteiger partial charge on any atom is -0.545 e. The van der Waals surface area contributed by atoms with E-state index in [2.05, 4.69) is 4.18 Å². The molecule has 0 aliphatic rings. The van der Waals surface area contributed by atoms with Gasteiger partial charge in [0, 0.05) is 12.0 Å². The molecule has 0 N–H and O–H groups in total. The molecule has 0 spiro atoms. The Morgan fingerprint density at radius 3 is 2.19 bits per heavy atom. The maximum Gasteiger partial charge on any atom is 0.534 e. The highest BCUT2D eigenvalue weighted by atomic mass is 32.2. The van der Waals surface area contributed by atoms with Crippen molar-refractivity contribution in [2.75, 3.05) is 0 Å². The molecule has 0 amide bonds. The molecule has 1 aromatic rings. The minimum atomic E-state index is -5.92. The number of hydrogen-bond donors (Lipinski definition) is 0. The summed E-state index contributed by atoms with van der Waals surface area (Å²) in [6.07, 6.45) is -0.331. The average molecular weight is 323 g/mol. The average Bonchev–Trinajstić information content (AvgIpc) is 2.34. The molecule has 0 aliphatic carbocycles. The van der Waals surface area contributed by atoms with Crippen molar-refractivity contribution in [3.8, 4) is 0 Å². The van der Waals surface area contributed by atoms with Crippen molar-refractivity contribution in [2.45, 2.75) is 18.9 Å². The molecule has 116 valence electrons. The van der Waals surface area contributed by atoms with Crippen LogP contribution in [0.5, 0.6) is 0 Å². The van der Waals surface area contributed by atoms with Crippen LogP contribution in [0, 0.1) is 0 Å². The summed E-state index contributed by atoms with van der Waals surface area (Å²) in [4.78, 5) is 11.0. The van der Waals surface area contributed by atoms with Crippen molar-refractivity contribution < 1.29 is 35.7 Å². The van der Waals surface area contributed by atoms with Crippen molar-refractivity contribution in [1.29, 1.82) is 0 Å². The lowest BCUT2D eigenvalue weighted by molar-refractivity contribution is -0.299. The van der Waals surface area contributed by atoms with E-state index in [0.29, 0.717) is 5.56 Å². The topological polar surface area (TPSA) is 83.5 Å². The van der Waals surface area contributed by atoms with Crippen LogP contribution in [-0.4, -0.2) is 19.9 Å². The van der Waals surface area contributed by atoms with E-state index in [0.717, 1.165) is 6.92 Å². The fourth-order valence-electron chi connectivity index (χ4n) is 1.40. The van der Waals surface area contributed by atoms with Gasteiger partial charge in [-0.15, -0.1) is 0 Å². The molecule has 1 rings (SSSR count). The predicted molar refractivity (Wildman–Crippen MR) is 63.9 cm³/mol. The molecule has 1 aromatic carbocycles. The van der Waals surface area contributed by atoms with Crippen LogP contribution in [0.15, 0.2) is 41.7 Å². The lowest BCUT2D eigenvalue weighted by Gasteiger charge is -2.15. The van der Waals surface area contributed by atoms with Gasteiger partial charge in [-0.05, 0) is 12.5 Å². The molecule has 0 saturated heterocycles. The smallest absolute Gasteiger partial charge is 0.534 e. The van der Waals surface area contributed by atoms with Gasteiger partial charge in [0.05, 0.1) is 5.97 Å². The molecule has 0 heterocycles. The molecule has 0 radical (unpaired) electrons. The number of rotatable bonds is 5. The van der Waals surface area contributed by atoms with E-state index < -0.39 is 32.9 Å². The third-order valence-corrected chi connectivity index (χ3v) is 3.45. The van der Waals surface area contributed by atoms with Crippen LogP contribution in [0.1, 0.15) is 12.5 Å². The van der Waals surface area contributed by atoms with Gasteiger partial charge in [-0.25, -0.2) is 0 Å². The second kappa shape index (κ2) is 6.17. The standard InChI is InChI=1S/C12H11F3O5S/c1-8(20-21(18,19)12(13,14)15)10(11(16)17)7-9-5-3-2-4-6-9/h2-6H,7H2,1H3,(H,16,17)/p-1. The molecule has 0 atom stereocenters. The second-order valence-corrected chi connectivity index (χ2v) is 5.51. The molecule has 5 nitrogen and oxygen atoms in total. The first kappa shape index (κ1) is 17.0. The summed E-state index contributed by atoms with van der Waals surface area (Å²) >= 11 is 0. The van der Waals surface area contributed by atoms with Crippen molar-refractivity contribution in [3.63, 3.8) is 0 Å². The van der Waals surface area contributed by atoms with Crippen molar-refractivity contribution >= 4 is 16.1 Å². The van der Waals surface area contributed by atoms with Crippen LogP contribution < -0.4 is 5.11 Å². The highest BCUT2D eigenvalue weighted by Crippen LogP contribution is 2.27. The van der Waals surface area contributed by atoms with Gasteiger partial charge >= 0.3 is 15.6 Å². The fourth-order valence-corrected chi connectivity index (χ4v) is 1.93. The van der Waals surface area contributed by atoms with Crippen LogP contribution in [0.2, 0.25) is 0 Å². The van der Waals surface area contributed by atoms with E-state index in [4.69, 9.17) is 0 Å². The zero-order valence-corrected chi connectivity index (χ0v) is 11.5. The lowest BCUT2D eigenvalue weighted by atomic mass is 10.0. The van der Waals surface area contributed by atoms with Crippen LogP contribution in [0.4, 0.5) is 13.2 Å². The number of carboxylic acids is 1. The molecular weight excluding hydrogens is 313 g/mol. The Balaban J connectivity index is 3.12. The molecule has 0 aromatic heterocycles. The minimum absolute atomic E-state index is 0.331. The SMILES string of the molecule is CC(OS(=O)(=O)C(F)(F)F)=C(Cc1ccccc1)C(=O)[O-]. The monoisotopic (exact) mass is 323 g/mol.